The van der Waals surface area contributed by atoms with E-state index in [9.17, 15) is 4.79 Å². The Morgan fingerprint density at radius 1 is 1.32 bits per heavy atom. The summed E-state index contributed by atoms with van der Waals surface area (Å²) in [7, 11) is 1.64. The summed E-state index contributed by atoms with van der Waals surface area (Å²) in [6.45, 7) is 1.05. The van der Waals surface area contributed by atoms with Gasteiger partial charge in [-0.15, -0.1) is 0 Å². The van der Waals surface area contributed by atoms with E-state index < -0.39 is 0 Å². The van der Waals surface area contributed by atoms with Crippen LogP contribution in [0.1, 0.15) is 11.3 Å². The summed E-state index contributed by atoms with van der Waals surface area (Å²) >= 11 is 0. The summed E-state index contributed by atoms with van der Waals surface area (Å²) < 4.78 is 6.75. The molecular weight excluding hydrogens is 280 g/mol. The van der Waals surface area contributed by atoms with Gasteiger partial charge in [-0.25, -0.2) is 9.78 Å². The molecule has 0 radical (unpaired) electrons. The number of methoxy groups -OCH3 is 1. The van der Waals surface area contributed by atoms with Crippen LogP contribution < -0.4 is 11.4 Å². The molecule has 2 heterocycles. The summed E-state index contributed by atoms with van der Waals surface area (Å²) in [5.41, 5.74) is 9.01. The molecule has 3 aromatic rings. The number of H-pyrrole nitrogens is 1. The first-order valence-electron chi connectivity index (χ1n) is 7.10. The third-order valence-corrected chi connectivity index (χ3v) is 3.59. The Kier molecular flexibility index (Phi) is 3.93. The highest BCUT2D eigenvalue weighted by atomic mass is 16.5. The third kappa shape index (κ3) is 2.73. The molecule has 6 heteroatoms. The molecule has 3 N–H and O–H groups in total. The number of hydrogen-bond donors (Lipinski definition) is 2. The van der Waals surface area contributed by atoms with Crippen molar-refractivity contribution in [2.24, 2.45) is 0 Å². The maximum absolute atomic E-state index is 12.2. The maximum atomic E-state index is 12.2. The minimum atomic E-state index is -0.184. The van der Waals surface area contributed by atoms with E-state index in [1.807, 2.05) is 36.4 Å². The van der Waals surface area contributed by atoms with Crippen LogP contribution in [0.15, 0.2) is 41.2 Å². The predicted octanol–water partition coefficient (Wildman–Crippen LogP) is 1.54. The fourth-order valence-electron chi connectivity index (χ4n) is 2.49. The number of nitrogens with two attached hydrogens (primary N) is 1. The van der Waals surface area contributed by atoms with Crippen molar-refractivity contribution in [1.29, 1.82) is 0 Å². The van der Waals surface area contributed by atoms with E-state index >= 15 is 0 Å². The fraction of sp³-hybridized carbons (Fsp3) is 0.250. The van der Waals surface area contributed by atoms with Crippen LogP contribution >= 0.6 is 0 Å². The first-order chi connectivity index (χ1) is 10.7. The molecule has 0 amide bonds. The lowest BCUT2D eigenvalue weighted by Gasteiger charge is -2.06. The highest BCUT2D eigenvalue weighted by Gasteiger charge is 2.12. The number of aromatic nitrogens is 3. The van der Waals surface area contributed by atoms with Crippen molar-refractivity contribution >= 4 is 16.9 Å². The highest BCUT2D eigenvalue weighted by molar-refractivity contribution is 5.85. The SMILES string of the molecule is COCCc1cc2c([nH]c(=O)n2Cc2ccccc2)c(N)n1. The van der Waals surface area contributed by atoms with Crippen molar-refractivity contribution < 1.29 is 4.74 Å². The van der Waals surface area contributed by atoms with E-state index in [1.165, 1.54) is 0 Å². The number of anilines is 1. The lowest BCUT2D eigenvalue weighted by molar-refractivity contribution is 0.201. The largest absolute Gasteiger partial charge is 0.384 e. The Balaban J connectivity index is 2.07. The standard InChI is InChI=1S/C16H18N4O2/c1-22-8-7-12-9-13-14(15(17)18-12)19-16(21)20(13)10-11-5-3-2-4-6-11/h2-6,9H,7-8,10H2,1H3,(H2,17,18)(H,19,21). The van der Waals surface area contributed by atoms with Crippen molar-refractivity contribution in [2.75, 3.05) is 19.5 Å². The molecule has 114 valence electrons. The zero-order chi connectivity index (χ0) is 15.5. The second kappa shape index (κ2) is 6.03. The smallest absolute Gasteiger partial charge is 0.326 e. The van der Waals surface area contributed by atoms with E-state index in [0.29, 0.717) is 30.9 Å². The van der Waals surface area contributed by atoms with Crippen LogP contribution in [-0.2, 0) is 17.7 Å². The minimum Gasteiger partial charge on any atom is -0.384 e. The van der Waals surface area contributed by atoms with E-state index in [2.05, 4.69) is 9.97 Å². The number of benzene rings is 1. The van der Waals surface area contributed by atoms with Gasteiger partial charge in [0.2, 0.25) is 0 Å². The highest BCUT2D eigenvalue weighted by Crippen LogP contribution is 2.18. The average molecular weight is 298 g/mol. The molecule has 0 saturated heterocycles. The first-order valence-corrected chi connectivity index (χ1v) is 7.10. The summed E-state index contributed by atoms with van der Waals surface area (Å²) in [6.07, 6.45) is 0.654. The Labute approximate surface area is 127 Å². The molecule has 22 heavy (non-hydrogen) atoms. The number of imidazole rings is 1. The van der Waals surface area contributed by atoms with Crippen LogP contribution in [0.4, 0.5) is 5.82 Å². The van der Waals surface area contributed by atoms with Crippen LogP contribution in [0.25, 0.3) is 11.0 Å². The molecule has 0 unspecified atom stereocenters. The van der Waals surface area contributed by atoms with Gasteiger partial charge in [-0.2, -0.15) is 0 Å². The Morgan fingerprint density at radius 2 is 2.09 bits per heavy atom. The summed E-state index contributed by atoms with van der Waals surface area (Å²) in [4.78, 5) is 19.3. The number of fused-ring (bicyclic) bond motifs is 1. The summed E-state index contributed by atoms with van der Waals surface area (Å²) in [5.74, 6) is 0.340. The van der Waals surface area contributed by atoms with Crippen molar-refractivity contribution in [3.63, 3.8) is 0 Å². The van der Waals surface area contributed by atoms with Crippen molar-refractivity contribution in [3.05, 3.63) is 58.1 Å². The fourth-order valence-corrected chi connectivity index (χ4v) is 2.49. The number of pyridine rings is 1. The molecule has 2 aromatic heterocycles. The van der Waals surface area contributed by atoms with Crippen molar-refractivity contribution in [3.8, 4) is 0 Å². The van der Waals surface area contributed by atoms with Gasteiger partial charge >= 0.3 is 5.69 Å². The number of hydrogen-bond acceptors (Lipinski definition) is 4. The number of rotatable bonds is 5. The van der Waals surface area contributed by atoms with Crippen LogP contribution in [0.2, 0.25) is 0 Å². The Hall–Kier alpha value is -2.60. The topological polar surface area (TPSA) is 85.9 Å². The molecule has 0 aliphatic carbocycles. The minimum absolute atomic E-state index is 0.184. The van der Waals surface area contributed by atoms with Gasteiger partial charge in [-0.3, -0.25) is 4.57 Å². The van der Waals surface area contributed by atoms with Gasteiger partial charge in [0, 0.05) is 19.2 Å². The van der Waals surface area contributed by atoms with Gasteiger partial charge in [0.25, 0.3) is 0 Å². The Bertz CT molecular complexity index is 836. The van der Waals surface area contributed by atoms with E-state index in [4.69, 9.17) is 10.5 Å². The van der Waals surface area contributed by atoms with Gasteiger partial charge in [0.15, 0.2) is 0 Å². The van der Waals surface area contributed by atoms with Gasteiger partial charge in [0.05, 0.1) is 18.7 Å². The molecule has 0 fully saturated rings. The van der Waals surface area contributed by atoms with Crippen LogP contribution in [0.3, 0.4) is 0 Å². The van der Waals surface area contributed by atoms with E-state index in [1.54, 1.807) is 11.7 Å². The molecule has 0 bridgehead atoms. The monoisotopic (exact) mass is 298 g/mol. The maximum Gasteiger partial charge on any atom is 0.326 e. The summed E-state index contributed by atoms with van der Waals surface area (Å²) in [5, 5.41) is 0. The van der Waals surface area contributed by atoms with Crippen molar-refractivity contribution in [1.82, 2.24) is 14.5 Å². The molecule has 6 nitrogen and oxygen atoms in total. The quantitative estimate of drug-likeness (QED) is 0.748. The lowest BCUT2D eigenvalue weighted by atomic mass is 10.2. The zero-order valence-corrected chi connectivity index (χ0v) is 12.4. The predicted molar refractivity (Wildman–Crippen MR) is 85.9 cm³/mol. The average Bonchev–Trinajstić information content (AvgIpc) is 2.83. The second-order valence-electron chi connectivity index (χ2n) is 5.14. The molecule has 1 aromatic carbocycles. The summed E-state index contributed by atoms with van der Waals surface area (Å²) in [6, 6.07) is 11.7. The van der Waals surface area contributed by atoms with Gasteiger partial charge < -0.3 is 15.5 Å². The molecule has 0 saturated carbocycles. The van der Waals surface area contributed by atoms with E-state index in [0.717, 1.165) is 16.8 Å². The molecule has 3 rings (SSSR count). The van der Waals surface area contributed by atoms with Crippen molar-refractivity contribution in [2.45, 2.75) is 13.0 Å². The molecule has 0 aliphatic heterocycles. The van der Waals surface area contributed by atoms with Gasteiger partial charge in [0.1, 0.15) is 11.3 Å². The first kappa shape index (κ1) is 14.3. The van der Waals surface area contributed by atoms with Crippen LogP contribution in [-0.4, -0.2) is 28.3 Å². The number of nitrogens with zero attached hydrogens (tertiary/aromatic N) is 2. The number of ether oxygens (including phenoxy) is 1. The molecule has 0 spiro atoms. The van der Waals surface area contributed by atoms with Gasteiger partial charge in [-0.05, 0) is 11.6 Å². The third-order valence-electron chi connectivity index (χ3n) is 3.59. The number of nitrogens with one attached hydrogen (secondary N) is 1. The molecule has 0 aliphatic rings. The molecular formula is C16H18N4O2. The lowest BCUT2D eigenvalue weighted by Crippen LogP contribution is -2.17. The van der Waals surface area contributed by atoms with Crippen LogP contribution in [0, 0.1) is 0 Å². The molecule has 0 atom stereocenters. The van der Waals surface area contributed by atoms with E-state index in [-0.39, 0.29) is 5.69 Å². The zero-order valence-electron chi connectivity index (χ0n) is 12.4. The number of nitrogen functional groups attached to an aromatic ring is 1. The normalized spacial score (nSPS) is 11.1. The second-order valence-corrected chi connectivity index (χ2v) is 5.14. The van der Waals surface area contributed by atoms with Crippen LogP contribution in [0.5, 0.6) is 0 Å². The number of aromatic amines is 1. The Morgan fingerprint density at radius 3 is 2.82 bits per heavy atom. The van der Waals surface area contributed by atoms with Gasteiger partial charge in [-0.1, -0.05) is 30.3 Å².